The number of halogens is 2. The van der Waals surface area contributed by atoms with E-state index < -0.39 is 18.0 Å². The molecule has 20 heavy (non-hydrogen) atoms. The van der Waals surface area contributed by atoms with Crippen molar-refractivity contribution in [2.45, 2.75) is 18.9 Å². The zero-order valence-electron chi connectivity index (χ0n) is 10.5. The lowest BCUT2D eigenvalue weighted by Crippen LogP contribution is -2.27. The van der Waals surface area contributed by atoms with Crippen molar-refractivity contribution in [1.29, 1.82) is 0 Å². The standard InChI is InChI=1S/C13H13Cl2NO4/c14-8-3-1-4-9(12(8)15)16-11(17)7-20-13(18)10-5-2-6-19-10/h1,3-4,10H,2,5-7H2,(H,16,17)/t10-/m1/s1. The molecule has 2 rings (SSSR count). The van der Waals surface area contributed by atoms with E-state index in [0.717, 1.165) is 6.42 Å². The van der Waals surface area contributed by atoms with E-state index in [0.29, 0.717) is 23.7 Å². The third-order valence-corrected chi connectivity index (χ3v) is 3.58. The Hall–Kier alpha value is -1.30. The number of esters is 1. The summed E-state index contributed by atoms with van der Waals surface area (Å²) in [6.07, 6.45) is 0.891. The Balaban J connectivity index is 1.83. The molecule has 1 saturated heterocycles. The molecule has 1 aliphatic heterocycles. The maximum absolute atomic E-state index is 11.7. The molecule has 0 aromatic heterocycles. The smallest absolute Gasteiger partial charge is 0.335 e. The number of ether oxygens (including phenoxy) is 2. The monoisotopic (exact) mass is 317 g/mol. The van der Waals surface area contributed by atoms with Gasteiger partial charge < -0.3 is 14.8 Å². The number of carbonyl (C=O) groups is 2. The third-order valence-electron chi connectivity index (χ3n) is 2.76. The Kier molecular flexibility index (Phi) is 5.23. The number of benzene rings is 1. The van der Waals surface area contributed by atoms with Crippen molar-refractivity contribution in [3.63, 3.8) is 0 Å². The van der Waals surface area contributed by atoms with Crippen LogP contribution in [0.25, 0.3) is 0 Å². The van der Waals surface area contributed by atoms with Gasteiger partial charge in [0.2, 0.25) is 0 Å². The lowest BCUT2D eigenvalue weighted by atomic mass is 10.2. The van der Waals surface area contributed by atoms with Gasteiger partial charge in [0, 0.05) is 6.61 Å². The topological polar surface area (TPSA) is 64.6 Å². The van der Waals surface area contributed by atoms with Crippen molar-refractivity contribution in [2.24, 2.45) is 0 Å². The van der Waals surface area contributed by atoms with E-state index in [9.17, 15) is 9.59 Å². The third kappa shape index (κ3) is 3.85. The van der Waals surface area contributed by atoms with Crippen LogP contribution in [-0.4, -0.2) is 31.2 Å². The number of rotatable bonds is 4. The molecule has 1 atom stereocenters. The second-order valence-corrected chi connectivity index (χ2v) is 5.04. The van der Waals surface area contributed by atoms with Gasteiger partial charge in [-0.1, -0.05) is 29.3 Å². The summed E-state index contributed by atoms with van der Waals surface area (Å²) in [6, 6.07) is 4.87. The number of anilines is 1. The van der Waals surface area contributed by atoms with Crippen LogP contribution in [-0.2, 0) is 19.1 Å². The van der Waals surface area contributed by atoms with E-state index >= 15 is 0 Å². The molecule has 1 fully saturated rings. The Morgan fingerprint density at radius 2 is 2.20 bits per heavy atom. The molecule has 0 bridgehead atoms. The van der Waals surface area contributed by atoms with Gasteiger partial charge in [0.05, 0.1) is 15.7 Å². The molecule has 1 heterocycles. The Morgan fingerprint density at radius 3 is 2.90 bits per heavy atom. The number of nitrogens with one attached hydrogen (secondary N) is 1. The molecule has 0 unspecified atom stereocenters. The van der Waals surface area contributed by atoms with Crippen LogP contribution in [0, 0.1) is 0 Å². The van der Waals surface area contributed by atoms with E-state index in [1.54, 1.807) is 18.2 Å². The molecule has 5 nitrogen and oxygen atoms in total. The van der Waals surface area contributed by atoms with Crippen molar-refractivity contribution >= 4 is 40.8 Å². The predicted octanol–water partition coefficient (Wildman–Crippen LogP) is 2.65. The average molecular weight is 318 g/mol. The number of amides is 1. The highest BCUT2D eigenvalue weighted by Crippen LogP contribution is 2.29. The molecular formula is C13H13Cl2NO4. The van der Waals surface area contributed by atoms with Crippen LogP contribution < -0.4 is 5.32 Å². The molecule has 1 aliphatic rings. The largest absolute Gasteiger partial charge is 0.454 e. The SMILES string of the molecule is O=C(COC(=O)[C@H]1CCCO1)Nc1cccc(Cl)c1Cl. The van der Waals surface area contributed by atoms with Gasteiger partial charge in [0.1, 0.15) is 0 Å². The molecule has 1 aromatic rings. The quantitative estimate of drug-likeness (QED) is 0.867. The highest BCUT2D eigenvalue weighted by molar-refractivity contribution is 6.43. The first-order chi connectivity index (χ1) is 9.58. The van der Waals surface area contributed by atoms with Crippen LogP contribution in [0.3, 0.4) is 0 Å². The summed E-state index contributed by atoms with van der Waals surface area (Å²) in [6.45, 7) is 0.158. The predicted molar refractivity (Wildman–Crippen MR) is 75.0 cm³/mol. The lowest BCUT2D eigenvalue weighted by Gasteiger charge is -2.11. The van der Waals surface area contributed by atoms with Gasteiger partial charge in [-0.05, 0) is 25.0 Å². The van der Waals surface area contributed by atoms with E-state index in [1.165, 1.54) is 0 Å². The first-order valence-electron chi connectivity index (χ1n) is 6.10. The van der Waals surface area contributed by atoms with Gasteiger partial charge in [0.25, 0.3) is 5.91 Å². The van der Waals surface area contributed by atoms with Gasteiger partial charge >= 0.3 is 5.97 Å². The van der Waals surface area contributed by atoms with Crippen molar-refractivity contribution in [1.82, 2.24) is 0 Å². The van der Waals surface area contributed by atoms with Crippen molar-refractivity contribution in [3.8, 4) is 0 Å². The maximum Gasteiger partial charge on any atom is 0.335 e. The minimum absolute atomic E-state index is 0.243. The highest BCUT2D eigenvalue weighted by atomic mass is 35.5. The molecule has 0 saturated carbocycles. The molecule has 1 amide bonds. The van der Waals surface area contributed by atoms with Crippen LogP contribution in [0.2, 0.25) is 10.0 Å². The second-order valence-electron chi connectivity index (χ2n) is 4.26. The minimum Gasteiger partial charge on any atom is -0.454 e. The minimum atomic E-state index is -0.558. The van der Waals surface area contributed by atoms with Crippen molar-refractivity contribution in [2.75, 3.05) is 18.5 Å². The molecule has 0 aliphatic carbocycles. The van der Waals surface area contributed by atoms with E-state index in [4.69, 9.17) is 32.7 Å². The fraction of sp³-hybridized carbons (Fsp3) is 0.385. The summed E-state index contributed by atoms with van der Waals surface area (Å²) in [5.41, 5.74) is 0.373. The van der Waals surface area contributed by atoms with Crippen LogP contribution in [0.4, 0.5) is 5.69 Å². The molecule has 0 spiro atoms. The summed E-state index contributed by atoms with van der Waals surface area (Å²) in [4.78, 5) is 23.2. The van der Waals surface area contributed by atoms with Gasteiger partial charge in [-0.2, -0.15) is 0 Å². The van der Waals surface area contributed by atoms with Gasteiger partial charge in [-0.25, -0.2) is 4.79 Å². The van der Waals surface area contributed by atoms with Crippen molar-refractivity contribution < 1.29 is 19.1 Å². The first kappa shape index (κ1) is 15.1. The summed E-state index contributed by atoms with van der Waals surface area (Å²) in [5, 5.41) is 3.10. The fourth-order valence-corrected chi connectivity index (χ4v) is 2.13. The van der Waals surface area contributed by atoms with Gasteiger partial charge in [-0.3, -0.25) is 4.79 Å². The summed E-state index contributed by atoms with van der Waals surface area (Å²) < 4.78 is 10.0. The number of hydrogen-bond acceptors (Lipinski definition) is 4. The Morgan fingerprint density at radius 1 is 1.40 bits per heavy atom. The van der Waals surface area contributed by atoms with Gasteiger partial charge in [-0.15, -0.1) is 0 Å². The average Bonchev–Trinajstić information content (AvgIpc) is 2.95. The van der Waals surface area contributed by atoms with E-state index in [2.05, 4.69) is 5.32 Å². The normalized spacial score (nSPS) is 17.8. The number of hydrogen-bond donors (Lipinski definition) is 1. The fourth-order valence-electron chi connectivity index (χ4n) is 1.78. The second kappa shape index (κ2) is 6.92. The van der Waals surface area contributed by atoms with Crippen LogP contribution >= 0.6 is 23.2 Å². The van der Waals surface area contributed by atoms with Crippen LogP contribution in [0.5, 0.6) is 0 Å². The van der Waals surface area contributed by atoms with Gasteiger partial charge in [0.15, 0.2) is 12.7 Å². The molecule has 0 radical (unpaired) electrons. The maximum atomic E-state index is 11.7. The highest BCUT2D eigenvalue weighted by Gasteiger charge is 2.25. The molecule has 1 N–H and O–H groups in total. The molecule has 7 heteroatoms. The van der Waals surface area contributed by atoms with Crippen LogP contribution in [0.1, 0.15) is 12.8 Å². The van der Waals surface area contributed by atoms with E-state index in [-0.39, 0.29) is 11.6 Å². The molecule has 1 aromatic carbocycles. The zero-order chi connectivity index (χ0) is 14.5. The zero-order valence-corrected chi connectivity index (χ0v) is 12.0. The van der Waals surface area contributed by atoms with E-state index in [1.807, 2.05) is 0 Å². The summed E-state index contributed by atoms with van der Waals surface area (Å²) in [7, 11) is 0. The van der Waals surface area contributed by atoms with Crippen LogP contribution in [0.15, 0.2) is 18.2 Å². The summed E-state index contributed by atoms with van der Waals surface area (Å²) in [5.74, 6) is -1.00. The molecule has 108 valence electrons. The number of carbonyl (C=O) groups excluding carboxylic acids is 2. The molecular weight excluding hydrogens is 305 g/mol. The lowest BCUT2D eigenvalue weighted by molar-refractivity contribution is -0.156. The Labute approximate surface area is 126 Å². The summed E-state index contributed by atoms with van der Waals surface area (Å²) >= 11 is 11.8. The Bertz CT molecular complexity index is 515. The van der Waals surface area contributed by atoms with Crippen molar-refractivity contribution in [3.05, 3.63) is 28.2 Å². The first-order valence-corrected chi connectivity index (χ1v) is 6.85.